The van der Waals surface area contributed by atoms with Crippen molar-refractivity contribution in [3.8, 4) is 11.5 Å². The van der Waals surface area contributed by atoms with E-state index in [4.69, 9.17) is 27.9 Å². The molecule has 0 spiro atoms. The van der Waals surface area contributed by atoms with Gasteiger partial charge in [-0.25, -0.2) is 9.18 Å². The Morgan fingerprint density at radius 2 is 1.68 bits per heavy atom. The molecule has 0 aliphatic carbocycles. The van der Waals surface area contributed by atoms with Gasteiger partial charge in [0.25, 0.3) is 5.91 Å². The summed E-state index contributed by atoms with van der Waals surface area (Å²) in [5, 5.41) is 3.36. The number of hydrogen-bond donors (Lipinski definition) is 1. The summed E-state index contributed by atoms with van der Waals surface area (Å²) in [6, 6.07) is 14.6. The minimum atomic E-state index is -0.563. The highest BCUT2D eigenvalue weighted by atomic mass is 35.5. The zero-order valence-corrected chi connectivity index (χ0v) is 18.1. The number of ether oxygens (including phenoxy) is 2. The van der Waals surface area contributed by atoms with Crippen molar-refractivity contribution in [1.29, 1.82) is 0 Å². The van der Waals surface area contributed by atoms with Crippen molar-refractivity contribution >= 4 is 35.1 Å². The quantitative estimate of drug-likeness (QED) is 0.443. The molecule has 0 radical (unpaired) electrons. The Morgan fingerprint density at radius 3 is 2.32 bits per heavy atom. The van der Waals surface area contributed by atoms with Gasteiger partial charge >= 0.3 is 5.97 Å². The fraction of sp³-hybridized carbons (Fsp3) is 0.130. The number of nitrogens with one attached hydrogen (secondary N) is 1. The molecule has 0 unspecified atom stereocenters. The van der Waals surface area contributed by atoms with Crippen LogP contribution in [0.5, 0.6) is 11.5 Å². The minimum Gasteiger partial charge on any atom is -0.465 e. The standard InChI is InChI=1S/C23H18Cl2FNO4/c1-13(14-3-5-15(6-4-14)23(29)30-2)27-22(28)20-11-16(24)7-8-21(20)31-19-10-17(25)9-18(26)12-19/h3-13H,1-2H3,(H,27,28)/t13-/m0/s1. The van der Waals surface area contributed by atoms with Gasteiger partial charge in [0.15, 0.2) is 0 Å². The maximum absolute atomic E-state index is 13.6. The lowest BCUT2D eigenvalue weighted by Crippen LogP contribution is -2.27. The van der Waals surface area contributed by atoms with Gasteiger partial charge in [0, 0.05) is 16.1 Å². The summed E-state index contributed by atoms with van der Waals surface area (Å²) in [4.78, 5) is 24.5. The van der Waals surface area contributed by atoms with Gasteiger partial charge in [-0.15, -0.1) is 0 Å². The summed E-state index contributed by atoms with van der Waals surface area (Å²) in [6.07, 6.45) is 0. The lowest BCUT2D eigenvalue weighted by Gasteiger charge is -2.17. The number of methoxy groups -OCH3 is 1. The number of carbonyl (C=O) groups is 2. The van der Waals surface area contributed by atoms with Crippen LogP contribution >= 0.6 is 23.2 Å². The lowest BCUT2D eigenvalue weighted by molar-refractivity contribution is 0.0600. The van der Waals surface area contributed by atoms with Crippen LogP contribution in [0.1, 0.15) is 39.2 Å². The smallest absolute Gasteiger partial charge is 0.337 e. The monoisotopic (exact) mass is 461 g/mol. The van der Waals surface area contributed by atoms with Crippen LogP contribution in [0.3, 0.4) is 0 Å². The topological polar surface area (TPSA) is 64.6 Å². The summed E-state index contributed by atoms with van der Waals surface area (Å²) >= 11 is 11.9. The average molecular weight is 462 g/mol. The molecule has 8 heteroatoms. The zero-order chi connectivity index (χ0) is 22.5. The summed E-state index contributed by atoms with van der Waals surface area (Å²) < 4.78 is 24.0. The third-order valence-electron chi connectivity index (χ3n) is 4.43. The molecule has 1 amide bonds. The zero-order valence-electron chi connectivity index (χ0n) is 16.6. The van der Waals surface area contributed by atoms with Gasteiger partial charge in [-0.3, -0.25) is 4.79 Å². The Morgan fingerprint density at radius 1 is 0.968 bits per heavy atom. The van der Waals surface area contributed by atoms with E-state index in [1.165, 1.54) is 25.3 Å². The van der Waals surface area contributed by atoms with E-state index in [1.54, 1.807) is 37.3 Å². The number of esters is 1. The maximum atomic E-state index is 13.6. The number of rotatable bonds is 6. The van der Waals surface area contributed by atoms with Gasteiger partial charge in [-0.2, -0.15) is 0 Å². The van der Waals surface area contributed by atoms with E-state index >= 15 is 0 Å². The first-order valence-corrected chi connectivity index (χ1v) is 9.95. The maximum Gasteiger partial charge on any atom is 0.337 e. The highest BCUT2D eigenvalue weighted by Crippen LogP contribution is 2.30. The molecule has 0 bridgehead atoms. The van der Waals surface area contributed by atoms with Gasteiger partial charge < -0.3 is 14.8 Å². The molecule has 3 aromatic rings. The van der Waals surface area contributed by atoms with Crippen molar-refractivity contribution in [2.45, 2.75) is 13.0 Å². The second-order valence-electron chi connectivity index (χ2n) is 6.66. The van der Waals surface area contributed by atoms with Crippen molar-refractivity contribution in [3.05, 3.63) is 93.2 Å². The predicted octanol–water partition coefficient (Wildman–Crippen LogP) is 6.20. The Bertz CT molecular complexity index is 1100. The molecular weight excluding hydrogens is 444 g/mol. The average Bonchev–Trinajstić information content (AvgIpc) is 2.73. The molecule has 0 fully saturated rings. The first-order chi connectivity index (χ1) is 14.8. The molecule has 3 aromatic carbocycles. The van der Waals surface area contributed by atoms with E-state index in [1.807, 2.05) is 0 Å². The molecule has 160 valence electrons. The number of carbonyl (C=O) groups excluding carboxylic acids is 2. The van der Waals surface area contributed by atoms with E-state index in [2.05, 4.69) is 10.1 Å². The van der Waals surface area contributed by atoms with Crippen molar-refractivity contribution in [3.63, 3.8) is 0 Å². The molecular formula is C23H18Cl2FNO4. The number of amides is 1. The van der Waals surface area contributed by atoms with E-state index in [-0.39, 0.29) is 28.1 Å². The number of benzene rings is 3. The van der Waals surface area contributed by atoms with Gasteiger partial charge in [0.1, 0.15) is 17.3 Å². The Kier molecular flexibility index (Phi) is 7.15. The second kappa shape index (κ2) is 9.81. The van der Waals surface area contributed by atoms with Gasteiger partial charge in [0.2, 0.25) is 0 Å². The highest BCUT2D eigenvalue weighted by molar-refractivity contribution is 6.31. The van der Waals surface area contributed by atoms with Crippen molar-refractivity contribution in [1.82, 2.24) is 5.32 Å². The second-order valence-corrected chi connectivity index (χ2v) is 7.53. The number of halogens is 3. The van der Waals surface area contributed by atoms with Crippen molar-refractivity contribution < 1.29 is 23.5 Å². The van der Waals surface area contributed by atoms with Crippen LogP contribution in [-0.4, -0.2) is 19.0 Å². The molecule has 0 aliphatic rings. The number of hydrogen-bond acceptors (Lipinski definition) is 4. The van der Waals surface area contributed by atoms with Gasteiger partial charge in [0.05, 0.1) is 24.3 Å². The minimum absolute atomic E-state index is 0.146. The third-order valence-corrected chi connectivity index (χ3v) is 4.88. The van der Waals surface area contributed by atoms with Crippen LogP contribution < -0.4 is 10.1 Å². The molecule has 0 aromatic heterocycles. The molecule has 0 saturated carbocycles. The molecule has 0 saturated heterocycles. The largest absolute Gasteiger partial charge is 0.465 e. The fourth-order valence-electron chi connectivity index (χ4n) is 2.87. The van der Waals surface area contributed by atoms with E-state index in [0.29, 0.717) is 10.6 Å². The Labute approximate surface area is 188 Å². The Hall–Kier alpha value is -3.09. The lowest BCUT2D eigenvalue weighted by atomic mass is 10.1. The van der Waals surface area contributed by atoms with Crippen LogP contribution in [0, 0.1) is 5.82 Å². The van der Waals surface area contributed by atoms with E-state index in [9.17, 15) is 14.0 Å². The van der Waals surface area contributed by atoms with Crippen LogP contribution in [0.4, 0.5) is 4.39 Å². The third kappa shape index (κ3) is 5.75. The molecule has 3 rings (SSSR count). The normalized spacial score (nSPS) is 11.5. The summed E-state index contributed by atoms with van der Waals surface area (Å²) in [7, 11) is 1.31. The molecule has 0 heterocycles. The van der Waals surface area contributed by atoms with Crippen molar-refractivity contribution in [2.24, 2.45) is 0 Å². The summed E-state index contributed by atoms with van der Waals surface area (Å²) in [5.74, 6) is -1.11. The SMILES string of the molecule is COC(=O)c1ccc([C@H](C)NC(=O)c2cc(Cl)ccc2Oc2cc(F)cc(Cl)c2)cc1. The van der Waals surface area contributed by atoms with Crippen LogP contribution in [0.2, 0.25) is 10.0 Å². The summed E-state index contributed by atoms with van der Waals surface area (Å²) in [5.41, 5.74) is 1.36. The molecule has 0 aliphatic heterocycles. The van der Waals surface area contributed by atoms with Crippen LogP contribution in [0.15, 0.2) is 60.7 Å². The van der Waals surface area contributed by atoms with Gasteiger partial charge in [-0.05, 0) is 55.0 Å². The summed E-state index contributed by atoms with van der Waals surface area (Å²) in [6.45, 7) is 1.79. The fourth-order valence-corrected chi connectivity index (χ4v) is 3.25. The van der Waals surface area contributed by atoms with E-state index < -0.39 is 17.7 Å². The van der Waals surface area contributed by atoms with Crippen molar-refractivity contribution in [2.75, 3.05) is 7.11 Å². The molecule has 1 N–H and O–H groups in total. The van der Waals surface area contributed by atoms with Crippen LogP contribution in [0.25, 0.3) is 0 Å². The first kappa shape index (κ1) is 22.6. The molecule has 5 nitrogen and oxygen atoms in total. The molecule has 31 heavy (non-hydrogen) atoms. The predicted molar refractivity (Wildman–Crippen MR) is 117 cm³/mol. The first-order valence-electron chi connectivity index (χ1n) is 9.19. The van der Waals surface area contributed by atoms with Gasteiger partial charge in [-0.1, -0.05) is 35.3 Å². The van der Waals surface area contributed by atoms with E-state index in [0.717, 1.165) is 17.7 Å². The molecule has 1 atom stereocenters. The highest BCUT2D eigenvalue weighted by Gasteiger charge is 2.18. The van der Waals surface area contributed by atoms with Crippen LogP contribution in [-0.2, 0) is 4.74 Å². The Balaban J connectivity index is 1.80.